The Bertz CT molecular complexity index is 1740. The molecule has 1 fully saturated rings. The summed E-state index contributed by atoms with van der Waals surface area (Å²) in [6.07, 6.45) is 0. The molecule has 0 amide bonds. The summed E-state index contributed by atoms with van der Waals surface area (Å²) >= 11 is 0. The molecule has 218 valence electrons. The van der Waals surface area contributed by atoms with Gasteiger partial charge in [0.15, 0.2) is 17.3 Å². The number of phenols is 1. The maximum atomic E-state index is 13.1. The smallest absolute Gasteiger partial charge is 0.397 e. The summed E-state index contributed by atoms with van der Waals surface area (Å²) in [7, 11) is -9.15. The molecule has 41 heavy (non-hydrogen) atoms. The minimum atomic E-state index is -4.67. The number of fused-ring (bicyclic) bond motifs is 2. The van der Waals surface area contributed by atoms with Crippen molar-refractivity contribution in [2.24, 2.45) is 0 Å². The van der Waals surface area contributed by atoms with Crippen LogP contribution in [0.25, 0.3) is 0 Å². The summed E-state index contributed by atoms with van der Waals surface area (Å²) in [5, 5.41) is 10.6. The fourth-order valence-corrected chi connectivity index (χ4v) is 4.80. The highest BCUT2D eigenvalue weighted by Crippen LogP contribution is 2.42. The van der Waals surface area contributed by atoms with Crippen LogP contribution < -0.4 is 10.5 Å². The molecular formula is C25H25N2O12S2+. The van der Waals surface area contributed by atoms with Crippen LogP contribution >= 0.6 is 0 Å². The van der Waals surface area contributed by atoms with Crippen LogP contribution in [0.1, 0.15) is 37.4 Å². The second-order valence-corrected chi connectivity index (χ2v) is 11.4. The highest BCUT2D eigenvalue weighted by molar-refractivity contribution is 7.80. The van der Waals surface area contributed by atoms with Crippen molar-refractivity contribution in [2.45, 2.75) is 6.54 Å². The summed E-state index contributed by atoms with van der Waals surface area (Å²) in [5.41, 5.74) is 7.33. The highest BCUT2D eigenvalue weighted by atomic mass is 32.3. The number of rotatable bonds is 8. The highest BCUT2D eigenvalue weighted by Gasteiger charge is 2.42. The van der Waals surface area contributed by atoms with E-state index < -0.39 is 38.1 Å². The van der Waals surface area contributed by atoms with Crippen molar-refractivity contribution < 1.29 is 58.6 Å². The Labute approximate surface area is 234 Å². The minimum Gasteiger partial charge on any atom is -0.507 e. The number of quaternary nitrogens is 1. The van der Waals surface area contributed by atoms with Crippen molar-refractivity contribution in [3.63, 3.8) is 0 Å². The van der Waals surface area contributed by atoms with Crippen LogP contribution in [0.5, 0.6) is 17.2 Å². The molecule has 0 unspecified atom stereocenters. The van der Waals surface area contributed by atoms with Crippen LogP contribution in [-0.4, -0.2) is 77.9 Å². The van der Waals surface area contributed by atoms with Crippen molar-refractivity contribution in [1.29, 1.82) is 0 Å². The number of ether oxygens (including phenoxy) is 1. The monoisotopic (exact) mass is 609 g/mol. The zero-order valence-electron chi connectivity index (χ0n) is 21.1. The first kappa shape index (κ1) is 30.1. The molecule has 0 atom stereocenters. The molecule has 5 rings (SSSR count). The van der Waals surface area contributed by atoms with Gasteiger partial charge in [-0.3, -0.25) is 23.2 Å². The van der Waals surface area contributed by atoms with Gasteiger partial charge in [-0.05, 0) is 12.1 Å². The standard InChI is InChI=1S/C25H22N2O8S.H2O4S/c26-23-20(13-19(28)21-22(23)25(30)18-7-2-1-6-17(18)24(21)29)35-16-5-3-4-15(12-16)14-27(8-9-27)10-11-34-36(31,32)33;1-5(2,3)4/h1-7,12-13H,8-11,14H2,(H3-,26,28,29,30,31,32,33);(H2,1,2,3,4)/p+1. The number of benzene rings is 3. The van der Waals surface area contributed by atoms with Gasteiger partial charge >= 0.3 is 20.8 Å². The molecule has 1 heterocycles. The normalized spacial score (nSPS) is 15.3. The fraction of sp³-hybridized carbons (Fsp3) is 0.200. The first-order chi connectivity index (χ1) is 19.1. The Morgan fingerprint density at radius 3 is 2.00 bits per heavy atom. The molecule has 3 aromatic carbocycles. The molecule has 0 bridgehead atoms. The van der Waals surface area contributed by atoms with Gasteiger partial charge < -0.3 is 20.1 Å². The summed E-state index contributed by atoms with van der Waals surface area (Å²) in [4.78, 5) is 26.1. The van der Waals surface area contributed by atoms with E-state index >= 15 is 0 Å². The molecule has 3 aromatic rings. The molecule has 0 radical (unpaired) electrons. The van der Waals surface area contributed by atoms with Crippen LogP contribution in [0.3, 0.4) is 0 Å². The number of anilines is 1. The predicted molar refractivity (Wildman–Crippen MR) is 143 cm³/mol. The molecule has 6 N–H and O–H groups in total. The lowest BCUT2D eigenvalue weighted by atomic mass is 9.82. The summed E-state index contributed by atoms with van der Waals surface area (Å²) < 4.78 is 72.9. The molecule has 0 saturated carbocycles. The Morgan fingerprint density at radius 1 is 0.854 bits per heavy atom. The van der Waals surface area contributed by atoms with Crippen molar-refractivity contribution in [1.82, 2.24) is 0 Å². The molecule has 2 aliphatic rings. The number of carbonyl (C=O) groups excluding carboxylic acids is 2. The number of phenolic OH excluding ortho intramolecular Hbond substituents is 1. The van der Waals surface area contributed by atoms with Gasteiger partial charge in [0.1, 0.15) is 44.3 Å². The van der Waals surface area contributed by atoms with E-state index in [-0.39, 0.29) is 40.3 Å². The lowest BCUT2D eigenvalue weighted by Crippen LogP contribution is -2.30. The Hall–Kier alpha value is -3.90. The molecule has 1 aliphatic heterocycles. The predicted octanol–water partition coefficient (Wildman–Crippen LogP) is 2.04. The van der Waals surface area contributed by atoms with Gasteiger partial charge in [0.2, 0.25) is 0 Å². The number of carbonyl (C=O) groups is 2. The number of nitrogens with two attached hydrogens (primary N) is 1. The van der Waals surface area contributed by atoms with Gasteiger partial charge in [0, 0.05) is 22.8 Å². The van der Waals surface area contributed by atoms with E-state index in [1.165, 1.54) is 12.1 Å². The molecule has 1 aliphatic carbocycles. The molecule has 1 saturated heterocycles. The Morgan fingerprint density at radius 2 is 1.44 bits per heavy atom. The second kappa shape index (κ2) is 11.2. The van der Waals surface area contributed by atoms with E-state index in [0.717, 1.165) is 18.7 Å². The first-order valence-electron chi connectivity index (χ1n) is 11.8. The van der Waals surface area contributed by atoms with Crippen LogP contribution in [-0.2, 0) is 31.5 Å². The molecular weight excluding hydrogens is 584 g/mol. The lowest BCUT2D eigenvalue weighted by Gasteiger charge is -2.22. The lowest BCUT2D eigenvalue weighted by molar-refractivity contribution is -0.814. The average Bonchev–Trinajstić information content (AvgIpc) is 3.62. The SMILES string of the molecule is Nc1c(Oc2cccc(C[N+]3(CCOS(=O)(=O)O)CC3)c2)cc(O)c2c1C(=O)c1ccccc1C2=O.O=S(=O)(O)O. The first-order valence-corrected chi connectivity index (χ1v) is 14.6. The third-order valence-electron chi connectivity index (χ3n) is 6.48. The fourth-order valence-electron chi connectivity index (χ4n) is 4.52. The Balaban J connectivity index is 0.000000714. The van der Waals surface area contributed by atoms with E-state index in [1.54, 1.807) is 36.4 Å². The number of aromatic hydroxyl groups is 1. The average molecular weight is 610 g/mol. The Kier molecular flexibility index (Phi) is 8.19. The van der Waals surface area contributed by atoms with Crippen molar-refractivity contribution in [2.75, 3.05) is 32.0 Å². The second-order valence-electron chi connectivity index (χ2n) is 9.38. The van der Waals surface area contributed by atoms with Crippen LogP contribution in [0.2, 0.25) is 0 Å². The number of hydrogen-bond donors (Lipinski definition) is 5. The van der Waals surface area contributed by atoms with Gasteiger partial charge in [-0.2, -0.15) is 16.8 Å². The van der Waals surface area contributed by atoms with Gasteiger partial charge in [-0.15, -0.1) is 0 Å². The maximum Gasteiger partial charge on any atom is 0.397 e. The van der Waals surface area contributed by atoms with Crippen LogP contribution in [0.15, 0.2) is 54.6 Å². The van der Waals surface area contributed by atoms with E-state index in [2.05, 4.69) is 4.18 Å². The third-order valence-corrected chi connectivity index (χ3v) is 6.94. The van der Waals surface area contributed by atoms with Crippen molar-refractivity contribution >= 4 is 38.1 Å². The summed E-state index contributed by atoms with van der Waals surface area (Å²) in [5.74, 6) is -0.898. The van der Waals surface area contributed by atoms with Crippen LogP contribution in [0.4, 0.5) is 5.69 Å². The number of nitrogens with zero attached hydrogens (tertiary/aromatic N) is 1. The summed E-state index contributed by atoms with van der Waals surface area (Å²) in [6, 6.07) is 14.7. The van der Waals surface area contributed by atoms with E-state index in [0.29, 0.717) is 23.3 Å². The van der Waals surface area contributed by atoms with E-state index in [9.17, 15) is 23.1 Å². The molecule has 0 spiro atoms. The summed E-state index contributed by atoms with van der Waals surface area (Å²) in [6.45, 7) is 2.54. The quantitative estimate of drug-likeness (QED) is 0.0634. The van der Waals surface area contributed by atoms with E-state index in [1.807, 2.05) is 6.07 Å². The third kappa shape index (κ3) is 7.44. The van der Waals surface area contributed by atoms with Gasteiger partial charge in [-0.25, -0.2) is 4.18 Å². The molecule has 14 nitrogen and oxygen atoms in total. The number of hydrogen-bond acceptors (Lipinski definition) is 10. The minimum absolute atomic E-state index is 0.0427. The molecule has 0 aromatic heterocycles. The van der Waals surface area contributed by atoms with Gasteiger partial charge in [0.05, 0.1) is 16.8 Å². The number of ketones is 2. The van der Waals surface area contributed by atoms with Gasteiger partial charge in [-0.1, -0.05) is 36.4 Å². The van der Waals surface area contributed by atoms with Crippen molar-refractivity contribution in [3.05, 3.63) is 82.4 Å². The van der Waals surface area contributed by atoms with Crippen molar-refractivity contribution in [3.8, 4) is 17.2 Å². The van der Waals surface area contributed by atoms with Gasteiger partial charge in [0.25, 0.3) is 0 Å². The largest absolute Gasteiger partial charge is 0.507 e. The molecule has 16 heteroatoms. The number of nitrogen functional groups attached to an aromatic ring is 1. The van der Waals surface area contributed by atoms with Crippen LogP contribution in [0, 0.1) is 0 Å². The topological polar surface area (TPSA) is 228 Å². The maximum absolute atomic E-state index is 13.1. The zero-order valence-corrected chi connectivity index (χ0v) is 22.8. The zero-order chi connectivity index (χ0) is 30.2. The van der Waals surface area contributed by atoms with E-state index in [4.69, 9.17) is 32.5 Å².